The molecule has 0 bridgehead atoms. The topological polar surface area (TPSA) is 44.8 Å². The molecule has 0 aromatic heterocycles. The molecule has 0 aliphatic carbocycles. The molecule has 2 saturated heterocycles. The molecule has 5 nitrogen and oxygen atoms in total. The number of ether oxygens (including phenoxy) is 1. The molecule has 166 valence electrons. The van der Waals surface area contributed by atoms with Gasteiger partial charge in [0.2, 0.25) is 0 Å². The Balaban J connectivity index is 1.26. The van der Waals surface area contributed by atoms with Gasteiger partial charge in [-0.2, -0.15) is 0 Å². The van der Waals surface area contributed by atoms with Gasteiger partial charge in [0, 0.05) is 30.9 Å². The van der Waals surface area contributed by atoms with Crippen LogP contribution in [0.4, 0.5) is 5.69 Å². The van der Waals surface area contributed by atoms with E-state index in [4.69, 9.17) is 4.74 Å². The van der Waals surface area contributed by atoms with Crippen molar-refractivity contribution in [3.63, 3.8) is 0 Å². The van der Waals surface area contributed by atoms with E-state index >= 15 is 0 Å². The first-order valence-electron chi connectivity index (χ1n) is 11.6. The Bertz CT molecular complexity index is 834. The van der Waals surface area contributed by atoms with E-state index in [1.54, 1.807) is 0 Å². The van der Waals surface area contributed by atoms with Crippen LogP contribution in [0, 0.1) is 5.92 Å². The minimum absolute atomic E-state index is 0.0812. The van der Waals surface area contributed by atoms with Crippen LogP contribution < -0.4 is 10.1 Å². The Hall–Kier alpha value is -2.37. The molecule has 2 fully saturated rings. The number of benzene rings is 2. The molecular formula is C26H35N3O2. The van der Waals surface area contributed by atoms with Crippen molar-refractivity contribution in [2.45, 2.75) is 45.3 Å². The van der Waals surface area contributed by atoms with Crippen LogP contribution >= 0.6 is 0 Å². The van der Waals surface area contributed by atoms with Gasteiger partial charge >= 0.3 is 0 Å². The van der Waals surface area contributed by atoms with Crippen molar-refractivity contribution < 1.29 is 9.53 Å². The van der Waals surface area contributed by atoms with Crippen LogP contribution in [0.1, 0.15) is 48.5 Å². The molecule has 2 aromatic rings. The molecule has 0 radical (unpaired) electrons. The molecule has 1 amide bonds. The van der Waals surface area contributed by atoms with Crippen LogP contribution in [0.5, 0.6) is 5.75 Å². The second-order valence-electron chi connectivity index (χ2n) is 9.25. The van der Waals surface area contributed by atoms with E-state index in [0.717, 1.165) is 49.8 Å². The summed E-state index contributed by atoms with van der Waals surface area (Å²) in [6.45, 7) is 7.79. The van der Waals surface area contributed by atoms with Crippen molar-refractivity contribution in [2.24, 2.45) is 5.92 Å². The molecule has 2 aromatic carbocycles. The Morgan fingerprint density at radius 1 is 0.935 bits per heavy atom. The van der Waals surface area contributed by atoms with Crippen LogP contribution in [0.3, 0.4) is 0 Å². The molecule has 2 aliphatic heterocycles. The van der Waals surface area contributed by atoms with Gasteiger partial charge in [0.15, 0.2) is 0 Å². The first-order chi connectivity index (χ1) is 15.0. The first-order valence-corrected chi connectivity index (χ1v) is 11.6. The Morgan fingerprint density at radius 2 is 1.58 bits per heavy atom. The maximum atomic E-state index is 12.6. The predicted molar refractivity (Wildman–Crippen MR) is 126 cm³/mol. The lowest BCUT2D eigenvalue weighted by Gasteiger charge is -2.30. The minimum Gasteiger partial charge on any atom is -0.490 e. The summed E-state index contributed by atoms with van der Waals surface area (Å²) in [7, 11) is 2.15. The lowest BCUT2D eigenvalue weighted by molar-refractivity contribution is 0.102. The number of nitrogens with zero attached hydrogens (tertiary/aromatic N) is 2. The highest BCUT2D eigenvalue weighted by molar-refractivity contribution is 6.04. The fraction of sp³-hybridized carbons (Fsp3) is 0.500. The number of carbonyl (C=O) groups is 1. The number of amides is 1. The van der Waals surface area contributed by atoms with Crippen molar-refractivity contribution in [2.75, 3.05) is 38.5 Å². The van der Waals surface area contributed by atoms with Crippen LogP contribution in [0.25, 0.3) is 0 Å². The molecule has 0 unspecified atom stereocenters. The number of anilines is 1. The lowest BCUT2D eigenvalue weighted by atomic mass is 9.99. The van der Waals surface area contributed by atoms with E-state index in [-0.39, 0.29) is 12.0 Å². The summed E-state index contributed by atoms with van der Waals surface area (Å²) in [6.07, 6.45) is 4.96. The number of likely N-dealkylation sites (tertiary alicyclic amines) is 2. The summed E-state index contributed by atoms with van der Waals surface area (Å²) in [5, 5.41) is 2.99. The van der Waals surface area contributed by atoms with Gasteiger partial charge in [0.1, 0.15) is 11.9 Å². The summed E-state index contributed by atoms with van der Waals surface area (Å²) in [5.74, 6) is 1.63. The van der Waals surface area contributed by atoms with Crippen LogP contribution in [-0.2, 0) is 6.54 Å². The SMILES string of the molecule is CC1CCN(Cc2ccc(C(=O)Nc3ccc(OC4CCN(C)CC4)cc3)cc2)CC1. The highest BCUT2D eigenvalue weighted by Gasteiger charge is 2.18. The van der Waals surface area contributed by atoms with Crippen LogP contribution in [0.15, 0.2) is 48.5 Å². The molecule has 0 atom stereocenters. The number of hydrogen-bond donors (Lipinski definition) is 1. The Labute approximate surface area is 186 Å². The first kappa shape index (κ1) is 21.8. The number of piperidine rings is 2. The molecule has 2 heterocycles. The minimum atomic E-state index is -0.0812. The van der Waals surface area contributed by atoms with Crippen molar-refractivity contribution in [1.29, 1.82) is 0 Å². The monoisotopic (exact) mass is 421 g/mol. The highest BCUT2D eigenvalue weighted by atomic mass is 16.5. The van der Waals surface area contributed by atoms with E-state index in [1.165, 1.54) is 31.5 Å². The Morgan fingerprint density at radius 3 is 2.23 bits per heavy atom. The van der Waals surface area contributed by atoms with Gasteiger partial charge in [0.25, 0.3) is 5.91 Å². The number of rotatable bonds is 6. The van der Waals surface area contributed by atoms with Gasteiger partial charge in [-0.3, -0.25) is 9.69 Å². The van der Waals surface area contributed by atoms with Gasteiger partial charge in [-0.05, 0) is 93.7 Å². The van der Waals surface area contributed by atoms with E-state index < -0.39 is 0 Å². The van der Waals surface area contributed by atoms with Crippen molar-refractivity contribution >= 4 is 11.6 Å². The van der Waals surface area contributed by atoms with Crippen molar-refractivity contribution in [3.8, 4) is 5.75 Å². The average molecular weight is 422 g/mol. The number of hydrogen-bond acceptors (Lipinski definition) is 4. The normalized spacial score (nSPS) is 19.3. The zero-order valence-corrected chi connectivity index (χ0v) is 18.8. The van der Waals surface area contributed by atoms with Gasteiger partial charge in [-0.15, -0.1) is 0 Å². The van der Waals surface area contributed by atoms with Gasteiger partial charge < -0.3 is 15.0 Å². The third-order valence-corrected chi connectivity index (χ3v) is 6.58. The maximum absolute atomic E-state index is 12.6. The maximum Gasteiger partial charge on any atom is 0.255 e. The zero-order chi connectivity index (χ0) is 21.6. The average Bonchev–Trinajstić information content (AvgIpc) is 2.79. The van der Waals surface area contributed by atoms with Crippen molar-refractivity contribution in [3.05, 3.63) is 59.7 Å². The van der Waals surface area contributed by atoms with Crippen molar-refractivity contribution in [1.82, 2.24) is 9.80 Å². The third kappa shape index (κ3) is 6.31. The Kier molecular flexibility index (Phi) is 7.25. The quantitative estimate of drug-likeness (QED) is 0.738. The number of nitrogens with one attached hydrogen (secondary N) is 1. The molecule has 0 spiro atoms. The summed E-state index contributed by atoms with van der Waals surface area (Å²) in [6, 6.07) is 15.7. The second-order valence-corrected chi connectivity index (χ2v) is 9.25. The molecule has 31 heavy (non-hydrogen) atoms. The van der Waals surface area contributed by atoms with E-state index in [2.05, 4.69) is 41.2 Å². The predicted octanol–water partition coefficient (Wildman–Crippen LogP) is 4.64. The van der Waals surface area contributed by atoms with E-state index in [1.807, 2.05) is 36.4 Å². The smallest absolute Gasteiger partial charge is 0.255 e. The second kappa shape index (κ2) is 10.3. The summed E-state index contributed by atoms with van der Waals surface area (Å²) in [4.78, 5) is 17.5. The molecule has 0 saturated carbocycles. The molecule has 2 aliphatic rings. The fourth-order valence-electron chi connectivity index (χ4n) is 4.36. The molecule has 4 rings (SSSR count). The lowest BCUT2D eigenvalue weighted by Crippen LogP contribution is -2.35. The summed E-state index contributed by atoms with van der Waals surface area (Å²) >= 11 is 0. The molecule has 5 heteroatoms. The van der Waals surface area contributed by atoms with Crippen LogP contribution in [-0.4, -0.2) is 55.0 Å². The largest absolute Gasteiger partial charge is 0.490 e. The molecule has 1 N–H and O–H groups in total. The van der Waals surface area contributed by atoms with Gasteiger partial charge in [-0.25, -0.2) is 0 Å². The highest BCUT2D eigenvalue weighted by Crippen LogP contribution is 2.22. The van der Waals surface area contributed by atoms with Gasteiger partial charge in [0.05, 0.1) is 0 Å². The summed E-state index contributed by atoms with van der Waals surface area (Å²) < 4.78 is 6.09. The zero-order valence-electron chi connectivity index (χ0n) is 18.8. The summed E-state index contributed by atoms with van der Waals surface area (Å²) in [5.41, 5.74) is 2.73. The van der Waals surface area contributed by atoms with E-state index in [9.17, 15) is 4.79 Å². The van der Waals surface area contributed by atoms with E-state index in [0.29, 0.717) is 5.56 Å². The fourth-order valence-corrected chi connectivity index (χ4v) is 4.36. The third-order valence-electron chi connectivity index (χ3n) is 6.58. The standard InChI is InChI=1S/C26H35N3O2/c1-20-11-17-29(18-12-20)19-21-3-5-22(6-4-21)26(30)27-23-7-9-24(10-8-23)31-25-13-15-28(2)16-14-25/h3-10,20,25H,11-19H2,1-2H3,(H,27,30). The number of carbonyl (C=O) groups excluding carboxylic acids is 1. The van der Waals surface area contributed by atoms with Gasteiger partial charge in [-0.1, -0.05) is 19.1 Å². The molecular weight excluding hydrogens is 386 g/mol. The van der Waals surface area contributed by atoms with Crippen LogP contribution in [0.2, 0.25) is 0 Å².